The minimum atomic E-state index is 0.212. The van der Waals surface area contributed by atoms with Crippen LogP contribution < -0.4 is 5.32 Å². The van der Waals surface area contributed by atoms with E-state index in [9.17, 15) is 0 Å². The molecular formula is C15H29NOS. The van der Waals surface area contributed by atoms with Gasteiger partial charge in [-0.3, -0.25) is 0 Å². The first-order valence-electron chi connectivity index (χ1n) is 7.61. The first-order valence-corrected chi connectivity index (χ1v) is 8.76. The zero-order valence-corrected chi connectivity index (χ0v) is 13.1. The molecule has 18 heavy (non-hydrogen) atoms. The largest absolute Gasteiger partial charge is 0.375 e. The number of hydrogen-bond donors (Lipinski definition) is 1. The van der Waals surface area contributed by atoms with Gasteiger partial charge in [0.1, 0.15) is 0 Å². The fourth-order valence-corrected chi connectivity index (χ4v) is 4.43. The Morgan fingerprint density at radius 2 is 1.94 bits per heavy atom. The molecule has 3 heteroatoms. The minimum Gasteiger partial charge on any atom is -0.375 e. The van der Waals surface area contributed by atoms with Crippen LogP contribution in [0.5, 0.6) is 0 Å². The van der Waals surface area contributed by atoms with Gasteiger partial charge in [-0.05, 0) is 57.0 Å². The number of thioether (sulfide) groups is 1. The molecule has 0 radical (unpaired) electrons. The first kappa shape index (κ1) is 14.7. The second-order valence-electron chi connectivity index (χ2n) is 6.25. The topological polar surface area (TPSA) is 21.3 Å². The van der Waals surface area contributed by atoms with Crippen LogP contribution in [0.3, 0.4) is 0 Å². The van der Waals surface area contributed by atoms with E-state index in [0.29, 0.717) is 11.6 Å². The summed E-state index contributed by atoms with van der Waals surface area (Å²) in [6, 6.07) is 0.659. The van der Waals surface area contributed by atoms with E-state index in [1.807, 2.05) is 0 Å². The third-order valence-corrected chi connectivity index (χ3v) is 6.00. The Morgan fingerprint density at radius 3 is 2.56 bits per heavy atom. The van der Waals surface area contributed by atoms with E-state index in [2.05, 4.69) is 37.8 Å². The molecule has 0 bridgehead atoms. The standard InChI is InChI=1S/C15H29NOS/c1-4-14(3,5-2)16-13-6-9-17-15(12-13)7-10-18-11-8-15/h13,16H,4-12H2,1-3H3. The van der Waals surface area contributed by atoms with Gasteiger partial charge in [-0.25, -0.2) is 0 Å². The van der Waals surface area contributed by atoms with Crippen molar-refractivity contribution in [1.82, 2.24) is 5.32 Å². The minimum absolute atomic E-state index is 0.212. The molecule has 2 aliphatic heterocycles. The fourth-order valence-electron chi connectivity index (χ4n) is 3.19. The summed E-state index contributed by atoms with van der Waals surface area (Å²) >= 11 is 2.09. The quantitative estimate of drug-likeness (QED) is 0.844. The highest BCUT2D eigenvalue weighted by Gasteiger charge is 2.40. The van der Waals surface area contributed by atoms with E-state index in [1.54, 1.807) is 0 Å². The molecule has 2 saturated heterocycles. The van der Waals surface area contributed by atoms with Crippen molar-refractivity contribution in [3.8, 4) is 0 Å². The molecule has 1 unspecified atom stereocenters. The first-order chi connectivity index (χ1) is 8.61. The number of nitrogens with one attached hydrogen (secondary N) is 1. The maximum Gasteiger partial charge on any atom is 0.0713 e. The van der Waals surface area contributed by atoms with Crippen molar-refractivity contribution in [2.24, 2.45) is 0 Å². The van der Waals surface area contributed by atoms with E-state index in [-0.39, 0.29) is 5.60 Å². The summed E-state index contributed by atoms with van der Waals surface area (Å²) in [5, 5.41) is 3.92. The van der Waals surface area contributed by atoms with Gasteiger partial charge in [-0.2, -0.15) is 11.8 Å². The van der Waals surface area contributed by atoms with Crippen molar-refractivity contribution in [3.63, 3.8) is 0 Å². The average Bonchev–Trinajstić information content (AvgIpc) is 2.39. The van der Waals surface area contributed by atoms with E-state index < -0.39 is 0 Å². The summed E-state index contributed by atoms with van der Waals surface area (Å²) in [5.41, 5.74) is 0.524. The maximum atomic E-state index is 6.17. The molecule has 0 aromatic heterocycles. The molecule has 0 amide bonds. The van der Waals surface area contributed by atoms with E-state index in [1.165, 1.54) is 50.0 Å². The predicted octanol–water partition coefficient (Wildman–Crippen LogP) is 3.60. The third kappa shape index (κ3) is 3.43. The van der Waals surface area contributed by atoms with Gasteiger partial charge in [0, 0.05) is 18.2 Å². The summed E-state index contributed by atoms with van der Waals surface area (Å²) in [6.45, 7) is 7.91. The second-order valence-corrected chi connectivity index (χ2v) is 7.47. The van der Waals surface area contributed by atoms with E-state index in [0.717, 1.165) is 6.61 Å². The Labute approximate surface area is 117 Å². The van der Waals surface area contributed by atoms with Crippen molar-refractivity contribution < 1.29 is 4.74 Å². The van der Waals surface area contributed by atoms with Crippen LogP contribution in [-0.2, 0) is 4.74 Å². The van der Waals surface area contributed by atoms with Crippen molar-refractivity contribution in [1.29, 1.82) is 0 Å². The monoisotopic (exact) mass is 271 g/mol. The molecule has 2 nitrogen and oxygen atoms in total. The molecule has 106 valence electrons. The average molecular weight is 271 g/mol. The summed E-state index contributed by atoms with van der Waals surface area (Å²) in [5.74, 6) is 2.57. The van der Waals surface area contributed by atoms with E-state index >= 15 is 0 Å². The Hall–Kier alpha value is 0.270. The molecule has 2 fully saturated rings. The van der Waals surface area contributed by atoms with Crippen LogP contribution in [0, 0.1) is 0 Å². The van der Waals surface area contributed by atoms with Crippen LogP contribution in [-0.4, -0.2) is 35.3 Å². The van der Waals surface area contributed by atoms with Crippen molar-refractivity contribution in [3.05, 3.63) is 0 Å². The van der Waals surface area contributed by atoms with Gasteiger partial charge >= 0.3 is 0 Å². The molecule has 2 heterocycles. The third-order valence-electron chi connectivity index (χ3n) is 5.01. The maximum absolute atomic E-state index is 6.17. The van der Waals surface area contributed by atoms with E-state index in [4.69, 9.17) is 4.74 Å². The van der Waals surface area contributed by atoms with Gasteiger partial charge in [0.2, 0.25) is 0 Å². The van der Waals surface area contributed by atoms with Crippen molar-refractivity contribution >= 4 is 11.8 Å². The Bertz CT molecular complexity index is 254. The molecule has 2 aliphatic rings. The van der Waals surface area contributed by atoms with Gasteiger partial charge in [0.05, 0.1) is 5.60 Å². The highest BCUT2D eigenvalue weighted by atomic mass is 32.2. The molecule has 1 atom stereocenters. The Kier molecular flexibility index (Phi) is 5.01. The lowest BCUT2D eigenvalue weighted by atomic mass is 9.83. The highest BCUT2D eigenvalue weighted by molar-refractivity contribution is 7.99. The SMILES string of the molecule is CCC(C)(CC)NC1CCOC2(CCSCC2)C1. The number of ether oxygens (including phenoxy) is 1. The molecule has 1 N–H and O–H groups in total. The highest BCUT2D eigenvalue weighted by Crippen LogP contribution is 2.38. The van der Waals surface area contributed by atoms with Crippen LogP contribution in [0.1, 0.15) is 59.3 Å². The lowest BCUT2D eigenvalue weighted by Gasteiger charge is -2.46. The van der Waals surface area contributed by atoms with Crippen LogP contribution in [0.15, 0.2) is 0 Å². The second kappa shape index (κ2) is 6.15. The van der Waals surface area contributed by atoms with Gasteiger partial charge in [0.15, 0.2) is 0 Å². The molecule has 1 spiro atoms. The van der Waals surface area contributed by atoms with Crippen LogP contribution >= 0.6 is 11.8 Å². The molecule has 2 rings (SSSR count). The summed E-state index contributed by atoms with van der Waals surface area (Å²) in [6.07, 6.45) is 7.34. The predicted molar refractivity (Wildman–Crippen MR) is 80.4 cm³/mol. The summed E-state index contributed by atoms with van der Waals surface area (Å²) in [7, 11) is 0. The van der Waals surface area contributed by atoms with Gasteiger partial charge in [-0.15, -0.1) is 0 Å². The molecule has 0 aromatic rings. The molecule has 0 aliphatic carbocycles. The zero-order chi connectivity index (χ0) is 13.1. The fraction of sp³-hybridized carbons (Fsp3) is 1.00. The summed E-state index contributed by atoms with van der Waals surface area (Å²) < 4.78 is 6.17. The lowest BCUT2D eigenvalue weighted by molar-refractivity contribution is -0.0961. The Morgan fingerprint density at radius 1 is 1.28 bits per heavy atom. The van der Waals surface area contributed by atoms with Gasteiger partial charge < -0.3 is 10.1 Å². The summed E-state index contributed by atoms with van der Waals surface area (Å²) in [4.78, 5) is 0. The molecule has 0 aromatic carbocycles. The number of rotatable bonds is 4. The smallest absolute Gasteiger partial charge is 0.0713 e. The van der Waals surface area contributed by atoms with Gasteiger partial charge in [0.25, 0.3) is 0 Å². The Balaban J connectivity index is 1.94. The zero-order valence-electron chi connectivity index (χ0n) is 12.3. The van der Waals surface area contributed by atoms with Gasteiger partial charge in [-0.1, -0.05) is 13.8 Å². The van der Waals surface area contributed by atoms with Crippen LogP contribution in [0.2, 0.25) is 0 Å². The molecule has 0 saturated carbocycles. The van der Waals surface area contributed by atoms with Crippen molar-refractivity contribution in [2.75, 3.05) is 18.1 Å². The van der Waals surface area contributed by atoms with Crippen LogP contribution in [0.4, 0.5) is 0 Å². The lowest BCUT2D eigenvalue weighted by Crippen LogP contribution is -2.54. The molecular weight excluding hydrogens is 242 g/mol. The number of hydrogen-bond acceptors (Lipinski definition) is 3. The normalized spacial score (nSPS) is 28.5. The van der Waals surface area contributed by atoms with Crippen molar-refractivity contribution in [2.45, 2.75) is 76.5 Å². The van der Waals surface area contributed by atoms with Crippen LogP contribution in [0.25, 0.3) is 0 Å².